The van der Waals surface area contributed by atoms with Gasteiger partial charge in [-0.15, -0.1) is 0 Å². The first-order chi connectivity index (χ1) is 12.8. The maximum Gasteiger partial charge on any atom is 0.243 e. The number of rotatable bonds is 5. The first-order valence-corrected chi connectivity index (χ1v) is 11.0. The number of sulfonamides is 1. The van der Waals surface area contributed by atoms with Gasteiger partial charge < -0.3 is 15.0 Å². The largest absolute Gasteiger partial charge is 0.491 e. The Bertz CT molecular complexity index is 794. The van der Waals surface area contributed by atoms with Crippen LogP contribution in [0.3, 0.4) is 0 Å². The van der Waals surface area contributed by atoms with Crippen LogP contribution < -0.4 is 10.1 Å². The number of hydrogen-bond donors (Lipinski definition) is 1. The van der Waals surface area contributed by atoms with Crippen molar-refractivity contribution in [2.75, 3.05) is 32.7 Å². The molecule has 2 aliphatic heterocycles. The highest BCUT2D eigenvalue weighted by molar-refractivity contribution is 7.89. The number of carbonyl (C=O) groups excluding carboxylic acids is 1. The predicted molar refractivity (Wildman–Crippen MR) is 103 cm³/mol. The Morgan fingerprint density at radius 3 is 2.70 bits per heavy atom. The molecule has 1 N–H and O–H groups in total. The zero-order chi connectivity index (χ0) is 19.6. The van der Waals surface area contributed by atoms with Crippen molar-refractivity contribution < 1.29 is 17.9 Å². The summed E-state index contributed by atoms with van der Waals surface area (Å²) < 4.78 is 33.5. The molecule has 0 aliphatic carbocycles. The summed E-state index contributed by atoms with van der Waals surface area (Å²) in [6, 6.07) is 4.96. The van der Waals surface area contributed by atoms with E-state index in [9.17, 15) is 13.2 Å². The molecule has 2 fully saturated rings. The second-order valence-corrected chi connectivity index (χ2v) is 9.45. The van der Waals surface area contributed by atoms with E-state index in [2.05, 4.69) is 5.32 Å². The number of nitrogens with one attached hydrogen (secondary N) is 1. The maximum absolute atomic E-state index is 13.2. The minimum absolute atomic E-state index is 0.0329. The van der Waals surface area contributed by atoms with Gasteiger partial charge in [0.25, 0.3) is 0 Å². The van der Waals surface area contributed by atoms with Crippen LogP contribution >= 0.6 is 0 Å². The topological polar surface area (TPSA) is 79.0 Å². The van der Waals surface area contributed by atoms with Gasteiger partial charge in [0, 0.05) is 32.2 Å². The Labute approximate surface area is 161 Å². The molecule has 1 amide bonds. The summed E-state index contributed by atoms with van der Waals surface area (Å²) in [4.78, 5) is 14.3. The van der Waals surface area contributed by atoms with Crippen molar-refractivity contribution in [1.29, 1.82) is 0 Å². The molecule has 0 bridgehead atoms. The summed E-state index contributed by atoms with van der Waals surface area (Å²) >= 11 is 0. The monoisotopic (exact) mass is 395 g/mol. The number of nitrogens with zero attached hydrogens (tertiary/aromatic N) is 2. The number of benzene rings is 1. The molecule has 27 heavy (non-hydrogen) atoms. The van der Waals surface area contributed by atoms with E-state index in [0.717, 1.165) is 24.9 Å². The Hall–Kier alpha value is -1.64. The number of aryl methyl sites for hydroxylation is 1. The van der Waals surface area contributed by atoms with Gasteiger partial charge in [-0.1, -0.05) is 0 Å². The van der Waals surface area contributed by atoms with Gasteiger partial charge in [0.05, 0.1) is 17.5 Å². The smallest absolute Gasteiger partial charge is 0.243 e. The summed E-state index contributed by atoms with van der Waals surface area (Å²) in [6.45, 7) is 8.31. The van der Waals surface area contributed by atoms with Crippen LogP contribution in [-0.4, -0.2) is 68.4 Å². The number of ether oxygens (including phenoxy) is 1. The van der Waals surface area contributed by atoms with Crippen molar-refractivity contribution in [3.05, 3.63) is 23.8 Å². The Balaban J connectivity index is 1.78. The van der Waals surface area contributed by atoms with E-state index in [4.69, 9.17) is 4.74 Å². The first kappa shape index (κ1) is 20.1. The first-order valence-electron chi connectivity index (χ1n) is 9.56. The molecule has 0 aromatic heterocycles. The van der Waals surface area contributed by atoms with Crippen molar-refractivity contribution in [1.82, 2.24) is 14.5 Å². The summed E-state index contributed by atoms with van der Waals surface area (Å²) in [5.74, 6) is 0.753. The van der Waals surface area contributed by atoms with Gasteiger partial charge >= 0.3 is 0 Å². The molecule has 7 nitrogen and oxygen atoms in total. The lowest BCUT2D eigenvalue weighted by molar-refractivity contribution is -0.135. The van der Waals surface area contributed by atoms with Crippen LogP contribution in [0.4, 0.5) is 0 Å². The molecular formula is C19H29N3O4S. The third-order valence-electron chi connectivity index (χ3n) is 5.07. The van der Waals surface area contributed by atoms with Gasteiger partial charge in [-0.05, 0) is 57.4 Å². The fourth-order valence-electron chi connectivity index (χ4n) is 3.72. The van der Waals surface area contributed by atoms with Crippen LogP contribution in [0.15, 0.2) is 23.1 Å². The quantitative estimate of drug-likeness (QED) is 0.815. The van der Waals surface area contributed by atoms with E-state index in [1.807, 2.05) is 25.7 Å². The summed E-state index contributed by atoms with van der Waals surface area (Å²) in [7, 11) is -3.59. The third kappa shape index (κ3) is 4.44. The van der Waals surface area contributed by atoms with E-state index >= 15 is 0 Å². The van der Waals surface area contributed by atoms with Gasteiger partial charge in [-0.3, -0.25) is 4.79 Å². The van der Waals surface area contributed by atoms with Crippen LogP contribution in [0.5, 0.6) is 5.75 Å². The summed E-state index contributed by atoms with van der Waals surface area (Å²) in [5.41, 5.74) is 0.801. The van der Waals surface area contributed by atoms with Gasteiger partial charge in [0.15, 0.2) is 0 Å². The van der Waals surface area contributed by atoms with Gasteiger partial charge in [0.1, 0.15) is 5.75 Å². The fourth-order valence-corrected chi connectivity index (χ4v) is 5.32. The van der Waals surface area contributed by atoms with Gasteiger partial charge in [-0.2, -0.15) is 4.31 Å². The molecule has 2 saturated heterocycles. The molecule has 0 radical (unpaired) electrons. The molecule has 1 atom stereocenters. The second kappa shape index (κ2) is 8.16. The number of piperidine rings is 1. The number of hydrogen-bond acceptors (Lipinski definition) is 5. The van der Waals surface area contributed by atoms with E-state index < -0.39 is 10.0 Å². The number of amides is 1. The molecule has 3 rings (SSSR count). The van der Waals surface area contributed by atoms with E-state index in [0.29, 0.717) is 31.9 Å². The molecule has 0 spiro atoms. The molecule has 1 aromatic carbocycles. The predicted octanol–water partition coefficient (Wildman–Crippen LogP) is 1.37. The van der Waals surface area contributed by atoms with Crippen molar-refractivity contribution in [2.45, 2.75) is 50.7 Å². The lowest BCUT2D eigenvalue weighted by Crippen LogP contribution is -2.57. The molecule has 0 saturated carbocycles. The number of carbonyl (C=O) groups is 1. The van der Waals surface area contributed by atoms with Crippen molar-refractivity contribution in [2.24, 2.45) is 0 Å². The Kier molecular flexibility index (Phi) is 6.08. The Morgan fingerprint density at radius 1 is 1.26 bits per heavy atom. The van der Waals surface area contributed by atoms with Crippen molar-refractivity contribution in [3.8, 4) is 5.75 Å². The average Bonchev–Trinajstić information content (AvgIpc) is 2.63. The fraction of sp³-hybridized carbons (Fsp3) is 0.632. The average molecular weight is 396 g/mol. The molecule has 150 valence electrons. The van der Waals surface area contributed by atoms with Crippen LogP contribution in [-0.2, 0) is 14.8 Å². The SMILES string of the molecule is Cc1cc(S(=O)(=O)N2CCCC(N3CCNCC3=O)C2)ccc1OC(C)C. The number of piperazine rings is 1. The van der Waals surface area contributed by atoms with Crippen LogP contribution in [0, 0.1) is 6.92 Å². The van der Waals surface area contributed by atoms with Crippen LogP contribution in [0.1, 0.15) is 32.3 Å². The minimum Gasteiger partial charge on any atom is -0.491 e. The Morgan fingerprint density at radius 2 is 2.04 bits per heavy atom. The zero-order valence-electron chi connectivity index (χ0n) is 16.3. The highest BCUT2D eigenvalue weighted by atomic mass is 32.2. The van der Waals surface area contributed by atoms with E-state index in [-0.39, 0.29) is 22.9 Å². The van der Waals surface area contributed by atoms with Crippen molar-refractivity contribution in [3.63, 3.8) is 0 Å². The standard InChI is InChI=1S/C19H29N3O4S/c1-14(2)26-18-7-6-17(11-15(18)3)27(24,25)21-9-4-5-16(13-21)22-10-8-20-12-19(22)23/h6-7,11,14,16,20H,4-5,8-10,12-13H2,1-3H3. The maximum atomic E-state index is 13.2. The minimum atomic E-state index is -3.59. The molecule has 1 unspecified atom stereocenters. The van der Waals surface area contributed by atoms with Gasteiger partial charge in [0.2, 0.25) is 15.9 Å². The van der Waals surface area contributed by atoms with Crippen LogP contribution in [0.2, 0.25) is 0 Å². The molecular weight excluding hydrogens is 366 g/mol. The molecule has 1 aromatic rings. The summed E-state index contributed by atoms with van der Waals surface area (Å²) in [6.07, 6.45) is 1.64. The van der Waals surface area contributed by atoms with Crippen molar-refractivity contribution >= 4 is 15.9 Å². The highest BCUT2D eigenvalue weighted by Gasteiger charge is 2.35. The molecule has 2 aliphatic rings. The third-order valence-corrected chi connectivity index (χ3v) is 6.93. The summed E-state index contributed by atoms with van der Waals surface area (Å²) in [5, 5.41) is 3.06. The van der Waals surface area contributed by atoms with Gasteiger partial charge in [-0.25, -0.2) is 8.42 Å². The lowest BCUT2D eigenvalue weighted by atomic mass is 10.1. The second-order valence-electron chi connectivity index (χ2n) is 7.52. The normalized spacial score (nSPS) is 22.3. The zero-order valence-corrected chi connectivity index (χ0v) is 17.1. The highest BCUT2D eigenvalue weighted by Crippen LogP contribution is 2.27. The van der Waals surface area contributed by atoms with Crippen LogP contribution in [0.25, 0.3) is 0 Å². The molecule has 2 heterocycles. The molecule has 8 heteroatoms. The van der Waals surface area contributed by atoms with E-state index in [1.165, 1.54) is 4.31 Å². The lowest BCUT2D eigenvalue weighted by Gasteiger charge is -2.40. The van der Waals surface area contributed by atoms with E-state index in [1.54, 1.807) is 18.2 Å².